The molecule has 21 heavy (non-hydrogen) atoms. The molecule has 2 aliphatic rings. The first-order valence-electron chi connectivity index (χ1n) is 7.32. The van der Waals surface area contributed by atoms with E-state index in [1.807, 2.05) is 0 Å². The van der Waals surface area contributed by atoms with Crippen molar-refractivity contribution in [2.75, 3.05) is 32.2 Å². The predicted molar refractivity (Wildman–Crippen MR) is 81.3 cm³/mol. The van der Waals surface area contributed by atoms with E-state index in [-0.39, 0.29) is 11.2 Å². The fourth-order valence-electron chi connectivity index (χ4n) is 3.77. The largest absolute Gasteiger partial charge is 0.369 e. The highest BCUT2D eigenvalue weighted by Gasteiger charge is 2.56. The van der Waals surface area contributed by atoms with Crippen LogP contribution in [0.2, 0.25) is 5.02 Å². The molecule has 1 aromatic carbocycles. The van der Waals surface area contributed by atoms with Crippen LogP contribution in [0.3, 0.4) is 0 Å². The SMILES string of the molecule is COC1(OC)CC2(CCN(c3cc(Cl)ccc3F)CC2)C1. The first-order valence-corrected chi connectivity index (χ1v) is 7.70. The van der Waals surface area contributed by atoms with Crippen molar-refractivity contribution in [1.29, 1.82) is 0 Å². The second kappa shape index (κ2) is 5.41. The van der Waals surface area contributed by atoms with Gasteiger partial charge < -0.3 is 14.4 Å². The van der Waals surface area contributed by atoms with E-state index in [4.69, 9.17) is 21.1 Å². The van der Waals surface area contributed by atoms with Crippen molar-refractivity contribution in [3.8, 4) is 0 Å². The van der Waals surface area contributed by atoms with E-state index in [0.29, 0.717) is 10.7 Å². The zero-order valence-corrected chi connectivity index (χ0v) is 13.3. The maximum absolute atomic E-state index is 13.9. The van der Waals surface area contributed by atoms with E-state index in [9.17, 15) is 4.39 Å². The number of hydrogen-bond donors (Lipinski definition) is 0. The van der Waals surface area contributed by atoms with Gasteiger partial charge in [-0.3, -0.25) is 0 Å². The Hall–Kier alpha value is -0.840. The minimum atomic E-state index is -0.399. The lowest BCUT2D eigenvalue weighted by atomic mass is 9.59. The molecule has 1 aliphatic carbocycles. The maximum Gasteiger partial charge on any atom is 0.168 e. The summed E-state index contributed by atoms with van der Waals surface area (Å²) in [5, 5.41) is 0.577. The molecular weight excluding hydrogens is 293 g/mol. The van der Waals surface area contributed by atoms with Crippen LogP contribution >= 0.6 is 11.6 Å². The molecule has 1 spiro atoms. The van der Waals surface area contributed by atoms with Crippen LogP contribution in [0.5, 0.6) is 0 Å². The molecule has 1 aromatic rings. The van der Waals surface area contributed by atoms with Crippen molar-refractivity contribution in [2.45, 2.75) is 31.5 Å². The molecule has 0 radical (unpaired) electrons. The molecule has 0 bridgehead atoms. The Morgan fingerprint density at radius 3 is 2.33 bits per heavy atom. The second-order valence-electron chi connectivity index (χ2n) is 6.26. The first kappa shape index (κ1) is 15.1. The van der Waals surface area contributed by atoms with Crippen LogP contribution in [0.15, 0.2) is 18.2 Å². The molecule has 1 aliphatic heterocycles. The highest BCUT2D eigenvalue weighted by atomic mass is 35.5. The smallest absolute Gasteiger partial charge is 0.168 e. The highest BCUT2D eigenvalue weighted by molar-refractivity contribution is 6.30. The van der Waals surface area contributed by atoms with Gasteiger partial charge in [0.2, 0.25) is 0 Å². The normalized spacial score (nSPS) is 23.1. The number of ether oxygens (including phenoxy) is 2. The second-order valence-corrected chi connectivity index (χ2v) is 6.69. The Labute approximate surface area is 130 Å². The van der Waals surface area contributed by atoms with Gasteiger partial charge in [0.25, 0.3) is 0 Å². The summed E-state index contributed by atoms with van der Waals surface area (Å²) in [6.45, 7) is 1.70. The Balaban J connectivity index is 1.65. The summed E-state index contributed by atoms with van der Waals surface area (Å²) in [6, 6.07) is 4.74. The summed E-state index contributed by atoms with van der Waals surface area (Å²) in [7, 11) is 3.40. The number of benzene rings is 1. The molecule has 1 saturated heterocycles. The monoisotopic (exact) mass is 313 g/mol. The number of piperidine rings is 1. The maximum atomic E-state index is 13.9. The molecule has 116 valence electrons. The fraction of sp³-hybridized carbons (Fsp3) is 0.625. The van der Waals surface area contributed by atoms with Gasteiger partial charge in [-0.15, -0.1) is 0 Å². The third kappa shape index (κ3) is 2.65. The Kier molecular flexibility index (Phi) is 3.89. The molecule has 0 unspecified atom stereocenters. The van der Waals surface area contributed by atoms with Gasteiger partial charge in [0.1, 0.15) is 5.82 Å². The fourth-order valence-corrected chi connectivity index (χ4v) is 3.93. The van der Waals surface area contributed by atoms with E-state index in [1.54, 1.807) is 26.4 Å². The van der Waals surface area contributed by atoms with Crippen LogP contribution in [-0.4, -0.2) is 33.1 Å². The number of nitrogens with zero attached hydrogens (tertiary/aromatic N) is 1. The van der Waals surface area contributed by atoms with Crippen molar-refractivity contribution >= 4 is 17.3 Å². The summed E-state index contributed by atoms with van der Waals surface area (Å²) in [5.74, 6) is -0.601. The third-order valence-corrected chi connectivity index (χ3v) is 5.34. The van der Waals surface area contributed by atoms with Crippen LogP contribution in [-0.2, 0) is 9.47 Å². The van der Waals surface area contributed by atoms with Crippen LogP contribution < -0.4 is 4.90 Å². The van der Waals surface area contributed by atoms with E-state index in [1.165, 1.54) is 6.07 Å². The molecule has 3 rings (SSSR count). The lowest BCUT2D eigenvalue weighted by Gasteiger charge is -2.57. The summed E-state index contributed by atoms with van der Waals surface area (Å²) in [6.07, 6.45) is 3.93. The van der Waals surface area contributed by atoms with Crippen molar-refractivity contribution < 1.29 is 13.9 Å². The predicted octanol–water partition coefficient (Wildman–Crippen LogP) is 3.85. The summed E-state index contributed by atoms with van der Waals surface area (Å²) >= 11 is 5.98. The van der Waals surface area contributed by atoms with Crippen LogP contribution in [0, 0.1) is 11.2 Å². The molecule has 0 atom stereocenters. The van der Waals surface area contributed by atoms with Crippen LogP contribution in [0.4, 0.5) is 10.1 Å². The molecule has 1 saturated carbocycles. The Bertz CT molecular complexity index is 515. The molecule has 2 fully saturated rings. The minimum Gasteiger partial charge on any atom is -0.369 e. The van der Waals surface area contributed by atoms with Gasteiger partial charge in [0.05, 0.1) is 5.69 Å². The Morgan fingerprint density at radius 1 is 1.14 bits per heavy atom. The molecule has 0 aromatic heterocycles. The third-order valence-electron chi connectivity index (χ3n) is 5.11. The number of methoxy groups -OCH3 is 2. The zero-order chi connectivity index (χ0) is 15.1. The summed E-state index contributed by atoms with van der Waals surface area (Å²) < 4.78 is 24.9. The summed E-state index contributed by atoms with van der Waals surface area (Å²) in [4.78, 5) is 2.09. The topological polar surface area (TPSA) is 21.7 Å². The molecule has 5 heteroatoms. The van der Waals surface area contributed by atoms with Crippen LogP contribution in [0.1, 0.15) is 25.7 Å². The zero-order valence-electron chi connectivity index (χ0n) is 12.5. The highest BCUT2D eigenvalue weighted by Crippen LogP contribution is 2.56. The van der Waals surface area contributed by atoms with Crippen molar-refractivity contribution in [2.24, 2.45) is 5.41 Å². The minimum absolute atomic E-state index is 0.202. The van der Waals surface area contributed by atoms with E-state index in [2.05, 4.69) is 4.90 Å². The van der Waals surface area contributed by atoms with Crippen molar-refractivity contribution in [3.63, 3.8) is 0 Å². The Morgan fingerprint density at radius 2 is 1.76 bits per heavy atom. The number of anilines is 1. The molecular formula is C16H21ClFNO2. The molecule has 0 amide bonds. The van der Waals surface area contributed by atoms with Crippen molar-refractivity contribution in [3.05, 3.63) is 29.0 Å². The van der Waals surface area contributed by atoms with Gasteiger partial charge in [0.15, 0.2) is 5.79 Å². The number of rotatable bonds is 3. The lowest BCUT2D eigenvalue weighted by molar-refractivity contribution is -0.300. The van der Waals surface area contributed by atoms with E-state index < -0.39 is 5.79 Å². The molecule has 3 nitrogen and oxygen atoms in total. The lowest BCUT2D eigenvalue weighted by Crippen LogP contribution is -2.58. The van der Waals surface area contributed by atoms with E-state index >= 15 is 0 Å². The van der Waals surface area contributed by atoms with Gasteiger partial charge in [-0.25, -0.2) is 4.39 Å². The van der Waals surface area contributed by atoms with Gasteiger partial charge >= 0.3 is 0 Å². The van der Waals surface area contributed by atoms with Crippen molar-refractivity contribution in [1.82, 2.24) is 0 Å². The van der Waals surface area contributed by atoms with E-state index in [0.717, 1.165) is 38.8 Å². The summed E-state index contributed by atoms with van der Waals surface area (Å²) in [5.41, 5.74) is 0.902. The number of hydrogen-bond acceptors (Lipinski definition) is 3. The molecule has 1 heterocycles. The average molecular weight is 314 g/mol. The standard InChI is InChI=1S/C16H21ClFNO2/c1-20-16(21-2)10-15(11-16)5-7-19(8-6-15)14-9-12(17)3-4-13(14)18/h3-4,9H,5-8,10-11H2,1-2H3. The van der Waals surface area contributed by atoms with Gasteiger partial charge in [0, 0.05) is 45.2 Å². The quantitative estimate of drug-likeness (QED) is 0.791. The number of halogens is 2. The van der Waals surface area contributed by atoms with Gasteiger partial charge in [-0.2, -0.15) is 0 Å². The first-order chi connectivity index (χ1) is 10.0. The van der Waals surface area contributed by atoms with Gasteiger partial charge in [-0.1, -0.05) is 11.6 Å². The van der Waals surface area contributed by atoms with Crippen LogP contribution in [0.25, 0.3) is 0 Å². The molecule has 0 N–H and O–H groups in total. The average Bonchev–Trinajstić information content (AvgIpc) is 2.47. The van der Waals surface area contributed by atoms with Gasteiger partial charge in [-0.05, 0) is 36.5 Å².